The van der Waals surface area contributed by atoms with Crippen LogP contribution in [-0.4, -0.2) is 49.5 Å². The van der Waals surface area contributed by atoms with Crippen molar-refractivity contribution in [3.8, 4) is 0 Å². The third-order valence-electron chi connectivity index (χ3n) is 3.16. The average molecular weight is 268 g/mol. The molecule has 106 valence electrons. The second-order valence-electron chi connectivity index (χ2n) is 4.57. The fraction of sp³-hybridized carbons (Fsp3) is 0.667. The smallest absolute Gasteiger partial charge is 0.158 e. The minimum atomic E-state index is -0.291. The highest BCUT2D eigenvalue weighted by molar-refractivity contribution is 5.44. The number of aromatic nitrogens is 2. The number of nitrogen functional groups attached to an aromatic ring is 1. The Hall–Kier alpha value is -1.44. The molecule has 0 spiro atoms. The predicted molar refractivity (Wildman–Crippen MR) is 70.8 cm³/mol. The maximum absolute atomic E-state index is 5.74. The van der Waals surface area contributed by atoms with Crippen molar-refractivity contribution in [2.45, 2.75) is 18.6 Å². The van der Waals surface area contributed by atoms with Crippen LogP contribution in [0.3, 0.4) is 0 Å². The van der Waals surface area contributed by atoms with E-state index in [2.05, 4.69) is 15.3 Å². The van der Waals surface area contributed by atoms with E-state index in [4.69, 9.17) is 19.9 Å². The van der Waals surface area contributed by atoms with E-state index in [1.165, 1.54) is 0 Å². The Balaban J connectivity index is 2.02. The average Bonchev–Trinajstić information content (AvgIpc) is 2.86. The largest absolute Gasteiger partial charge is 0.384 e. The number of rotatable bonds is 6. The summed E-state index contributed by atoms with van der Waals surface area (Å²) >= 11 is 0. The highest BCUT2D eigenvalue weighted by Crippen LogP contribution is 2.23. The number of nitrogens with one attached hydrogen (secondary N) is 1. The first-order chi connectivity index (χ1) is 9.17. The maximum atomic E-state index is 5.74. The quantitative estimate of drug-likeness (QED) is 0.772. The molecular weight excluding hydrogens is 248 g/mol. The van der Waals surface area contributed by atoms with Crippen molar-refractivity contribution in [2.24, 2.45) is 0 Å². The van der Waals surface area contributed by atoms with Crippen molar-refractivity contribution >= 4 is 11.6 Å². The first-order valence-electron chi connectivity index (χ1n) is 6.16. The molecule has 2 heterocycles. The van der Waals surface area contributed by atoms with Crippen LogP contribution < -0.4 is 11.1 Å². The molecule has 0 radical (unpaired) electrons. The van der Waals surface area contributed by atoms with Crippen LogP contribution in [0.4, 0.5) is 11.6 Å². The van der Waals surface area contributed by atoms with E-state index in [0.29, 0.717) is 37.2 Å². The van der Waals surface area contributed by atoms with Crippen LogP contribution in [0.25, 0.3) is 0 Å². The van der Waals surface area contributed by atoms with Crippen LogP contribution in [-0.2, 0) is 20.8 Å². The Morgan fingerprint density at radius 1 is 1.47 bits per heavy atom. The van der Waals surface area contributed by atoms with Gasteiger partial charge in [-0.05, 0) is 0 Å². The molecule has 19 heavy (non-hydrogen) atoms. The van der Waals surface area contributed by atoms with Crippen molar-refractivity contribution in [2.75, 3.05) is 45.0 Å². The lowest BCUT2D eigenvalue weighted by molar-refractivity contribution is -0.00626. The van der Waals surface area contributed by atoms with Crippen molar-refractivity contribution in [3.63, 3.8) is 0 Å². The SMILES string of the molecule is COCc1nc(N)cc(NCC2(OC)CCOC2)n1. The third kappa shape index (κ3) is 3.52. The summed E-state index contributed by atoms with van der Waals surface area (Å²) in [6, 6.07) is 1.69. The summed E-state index contributed by atoms with van der Waals surface area (Å²) in [5.74, 6) is 1.64. The van der Waals surface area contributed by atoms with Gasteiger partial charge in [0, 0.05) is 39.9 Å². The van der Waals surface area contributed by atoms with Gasteiger partial charge >= 0.3 is 0 Å². The summed E-state index contributed by atoms with van der Waals surface area (Å²) in [4.78, 5) is 8.41. The number of anilines is 2. The van der Waals surface area contributed by atoms with Gasteiger partial charge in [0.1, 0.15) is 23.8 Å². The molecule has 0 bridgehead atoms. The molecule has 1 aliphatic heterocycles. The minimum absolute atomic E-state index is 0.291. The summed E-state index contributed by atoms with van der Waals surface area (Å²) in [6.45, 7) is 2.25. The van der Waals surface area contributed by atoms with E-state index in [1.54, 1.807) is 20.3 Å². The summed E-state index contributed by atoms with van der Waals surface area (Å²) in [5, 5.41) is 3.23. The zero-order valence-corrected chi connectivity index (χ0v) is 11.3. The number of ether oxygens (including phenoxy) is 3. The number of hydrogen-bond acceptors (Lipinski definition) is 7. The molecule has 1 aromatic rings. The molecule has 2 rings (SSSR count). The molecule has 0 amide bonds. The van der Waals surface area contributed by atoms with Crippen molar-refractivity contribution in [1.29, 1.82) is 0 Å². The van der Waals surface area contributed by atoms with Gasteiger partial charge in [-0.15, -0.1) is 0 Å². The van der Waals surface area contributed by atoms with Gasteiger partial charge in [-0.1, -0.05) is 0 Å². The zero-order valence-electron chi connectivity index (χ0n) is 11.3. The molecule has 3 N–H and O–H groups in total. The lowest BCUT2D eigenvalue weighted by Gasteiger charge is -2.26. The fourth-order valence-corrected chi connectivity index (χ4v) is 2.01. The van der Waals surface area contributed by atoms with Gasteiger partial charge in [0.15, 0.2) is 5.82 Å². The molecule has 0 aliphatic carbocycles. The van der Waals surface area contributed by atoms with Crippen LogP contribution in [0.5, 0.6) is 0 Å². The summed E-state index contributed by atoms with van der Waals surface area (Å²) in [7, 11) is 3.29. The van der Waals surface area contributed by atoms with E-state index in [-0.39, 0.29) is 5.60 Å². The molecule has 1 fully saturated rings. The van der Waals surface area contributed by atoms with E-state index in [9.17, 15) is 0 Å². The Morgan fingerprint density at radius 2 is 2.32 bits per heavy atom. The lowest BCUT2D eigenvalue weighted by atomic mass is 10.0. The molecule has 0 aromatic carbocycles. The Bertz CT molecular complexity index is 421. The minimum Gasteiger partial charge on any atom is -0.384 e. The Morgan fingerprint density at radius 3 is 2.95 bits per heavy atom. The van der Waals surface area contributed by atoms with Crippen LogP contribution in [0.1, 0.15) is 12.2 Å². The molecule has 1 aliphatic rings. The molecule has 7 heteroatoms. The van der Waals surface area contributed by atoms with E-state index in [1.807, 2.05) is 0 Å². The van der Waals surface area contributed by atoms with Crippen molar-refractivity contribution < 1.29 is 14.2 Å². The van der Waals surface area contributed by atoms with Crippen LogP contribution in [0, 0.1) is 0 Å². The topological polar surface area (TPSA) is 91.5 Å². The van der Waals surface area contributed by atoms with Crippen molar-refractivity contribution in [1.82, 2.24) is 9.97 Å². The van der Waals surface area contributed by atoms with Gasteiger partial charge in [-0.25, -0.2) is 9.97 Å². The number of nitrogens with two attached hydrogens (primary N) is 1. The molecule has 1 aromatic heterocycles. The molecule has 1 atom stereocenters. The zero-order chi connectivity index (χ0) is 13.7. The van der Waals surface area contributed by atoms with Gasteiger partial charge in [0.25, 0.3) is 0 Å². The van der Waals surface area contributed by atoms with Gasteiger partial charge in [-0.3, -0.25) is 0 Å². The van der Waals surface area contributed by atoms with Crippen LogP contribution in [0.15, 0.2) is 6.07 Å². The van der Waals surface area contributed by atoms with Crippen molar-refractivity contribution in [3.05, 3.63) is 11.9 Å². The molecule has 1 unspecified atom stereocenters. The van der Waals surface area contributed by atoms with Gasteiger partial charge < -0.3 is 25.3 Å². The number of nitrogens with zero attached hydrogens (tertiary/aromatic N) is 2. The highest BCUT2D eigenvalue weighted by Gasteiger charge is 2.34. The van der Waals surface area contributed by atoms with E-state index >= 15 is 0 Å². The van der Waals surface area contributed by atoms with Gasteiger partial charge in [-0.2, -0.15) is 0 Å². The standard InChI is InChI=1S/C12H20N4O3/c1-17-6-11-15-9(13)5-10(16-11)14-7-12(18-2)3-4-19-8-12/h5H,3-4,6-8H2,1-2H3,(H3,13,14,15,16). The summed E-state index contributed by atoms with van der Waals surface area (Å²) in [5.41, 5.74) is 5.45. The second-order valence-corrected chi connectivity index (χ2v) is 4.57. The first-order valence-corrected chi connectivity index (χ1v) is 6.16. The number of methoxy groups -OCH3 is 2. The van der Waals surface area contributed by atoms with Crippen LogP contribution in [0.2, 0.25) is 0 Å². The fourth-order valence-electron chi connectivity index (χ4n) is 2.01. The molecule has 7 nitrogen and oxygen atoms in total. The lowest BCUT2D eigenvalue weighted by Crippen LogP contribution is -2.39. The summed E-state index contributed by atoms with van der Waals surface area (Å²) < 4.78 is 15.9. The third-order valence-corrected chi connectivity index (χ3v) is 3.16. The monoisotopic (exact) mass is 268 g/mol. The predicted octanol–water partition coefficient (Wildman–Crippen LogP) is 0.423. The van der Waals surface area contributed by atoms with E-state index in [0.717, 1.165) is 13.0 Å². The molecule has 0 saturated carbocycles. The normalized spacial score (nSPS) is 22.6. The molecular formula is C12H20N4O3. The second kappa shape index (κ2) is 6.14. The summed E-state index contributed by atoms with van der Waals surface area (Å²) in [6.07, 6.45) is 0.863. The maximum Gasteiger partial charge on any atom is 0.158 e. The van der Waals surface area contributed by atoms with E-state index < -0.39 is 0 Å². The first kappa shape index (κ1) is 14.0. The Labute approximate surface area is 112 Å². The Kier molecular flexibility index (Phi) is 4.52. The van der Waals surface area contributed by atoms with Crippen LogP contribution >= 0.6 is 0 Å². The van der Waals surface area contributed by atoms with Gasteiger partial charge in [0.2, 0.25) is 0 Å². The molecule has 1 saturated heterocycles. The highest BCUT2D eigenvalue weighted by atomic mass is 16.5. The number of hydrogen-bond donors (Lipinski definition) is 2. The van der Waals surface area contributed by atoms with Gasteiger partial charge in [0.05, 0.1) is 6.61 Å².